The molecule has 0 aliphatic rings. The van der Waals surface area contributed by atoms with Crippen molar-refractivity contribution >= 4 is 33.4 Å². The number of phenolic OH excluding ortho intramolecular Hbond substituents is 1. The van der Waals surface area contributed by atoms with E-state index in [4.69, 9.17) is 9.97 Å². The first kappa shape index (κ1) is 16.3. The second-order valence-corrected chi connectivity index (χ2v) is 6.39. The van der Waals surface area contributed by atoms with Crippen LogP contribution in [0.2, 0.25) is 0 Å². The molecular weight excluding hydrogens is 322 g/mol. The highest BCUT2D eigenvalue weighted by Gasteiger charge is 2.14. The van der Waals surface area contributed by atoms with Gasteiger partial charge >= 0.3 is 0 Å². The van der Waals surface area contributed by atoms with Gasteiger partial charge < -0.3 is 10.0 Å². The molecular formula is C22H21N3O. The molecule has 0 bridgehead atoms. The highest BCUT2D eigenvalue weighted by Crippen LogP contribution is 2.29. The number of fused-ring (bicyclic) bond motifs is 2. The number of anilines is 2. The van der Waals surface area contributed by atoms with E-state index in [1.165, 1.54) is 0 Å². The number of phenols is 1. The lowest BCUT2D eigenvalue weighted by Gasteiger charge is -2.23. The van der Waals surface area contributed by atoms with Gasteiger partial charge in [-0.25, -0.2) is 9.97 Å². The Kier molecular flexibility index (Phi) is 4.40. The first-order valence-corrected chi connectivity index (χ1v) is 8.98. The Balaban J connectivity index is 1.82. The minimum atomic E-state index is 0.200. The molecule has 0 atom stereocenters. The molecule has 0 saturated carbocycles. The third-order valence-electron chi connectivity index (χ3n) is 4.56. The minimum absolute atomic E-state index is 0.200. The quantitative estimate of drug-likeness (QED) is 0.525. The molecule has 0 saturated heterocycles. The first-order valence-electron chi connectivity index (χ1n) is 8.98. The van der Waals surface area contributed by atoms with Gasteiger partial charge in [0.2, 0.25) is 0 Å². The maximum absolute atomic E-state index is 10.2. The second kappa shape index (κ2) is 7.00. The van der Waals surface area contributed by atoms with Crippen LogP contribution in [0.4, 0.5) is 11.6 Å². The molecule has 0 fully saturated rings. The average molecular weight is 343 g/mol. The van der Waals surface area contributed by atoms with Crippen molar-refractivity contribution in [3.63, 3.8) is 0 Å². The van der Waals surface area contributed by atoms with E-state index in [9.17, 15) is 5.11 Å². The molecule has 0 aliphatic heterocycles. The Hall–Kier alpha value is -3.14. The van der Waals surface area contributed by atoms with Crippen LogP contribution in [0.25, 0.3) is 21.8 Å². The Bertz CT molecular complexity index is 1060. The molecule has 4 heteroatoms. The van der Waals surface area contributed by atoms with Gasteiger partial charge in [-0.2, -0.15) is 0 Å². The summed E-state index contributed by atoms with van der Waals surface area (Å²) < 4.78 is 0. The largest absolute Gasteiger partial charge is 0.506 e. The van der Waals surface area contributed by atoms with Crippen LogP contribution in [-0.2, 0) is 0 Å². The molecule has 0 radical (unpaired) electrons. The van der Waals surface area contributed by atoms with Gasteiger partial charge in [0.05, 0.1) is 5.52 Å². The molecule has 0 aliphatic carbocycles. The standard InChI is InChI=1S/C22H21N3O/c1-2-3-15-25(20-13-11-16-7-4-5-9-18(16)23-20)21-14-12-17-8-6-10-19(26)22(17)24-21/h4-14,26H,2-3,15H2,1H3. The summed E-state index contributed by atoms with van der Waals surface area (Å²) >= 11 is 0. The zero-order valence-electron chi connectivity index (χ0n) is 14.8. The van der Waals surface area contributed by atoms with Crippen molar-refractivity contribution in [3.8, 4) is 5.75 Å². The average Bonchev–Trinajstić information content (AvgIpc) is 2.69. The number of benzene rings is 2. The lowest BCUT2D eigenvalue weighted by molar-refractivity contribution is 0.480. The number of aromatic nitrogens is 2. The van der Waals surface area contributed by atoms with E-state index in [0.717, 1.165) is 47.3 Å². The van der Waals surface area contributed by atoms with E-state index >= 15 is 0 Å². The number of para-hydroxylation sites is 2. The van der Waals surface area contributed by atoms with Gasteiger partial charge in [-0.1, -0.05) is 43.7 Å². The molecule has 4 aromatic rings. The number of nitrogens with zero attached hydrogens (tertiary/aromatic N) is 3. The molecule has 0 unspecified atom stereocenters. The molecule has 2 heterocycles. The van der Waals surface area contributed by atoms with E-state index in [1.54, 1.807) is 6.07 Å². The maximum atomic E-state index is 10.2. The van der Waals surface area contributed by atoms with Crippen LogP contribution in [0.5, 0.6) is 5.75 Å². The van der Waals surface area contributed by atoms with Crippen LogP contribution < -0.4 is 4.90 Å². The number of hydrogen-bond donors (Lipinski definition) is 1. The maximum Gasteiger partial charge on any atom is 0.141 e. The molecule has 2 aromatic carbocycles. The molecule has 0 amide bonds. The van der Waals surface area contributed by atoms with E-state index in [-0.39, 0.29) is 5.75 Å². The molecule has 4 nitrogen and oxygen atoms in total. The molecule has 1 N–H and O–H groups in total. The first-order chi connectivity index (χ1) is 12.8. The summed E-state index contributed by atoms with van der Waals surface area (Å²) in [6.45, 7) is 3.00. The van der Waals surface area contributed by atoms with E-state index in [0.29, 0.717) is 5.52 Å². The van der Waals surface area contributed by atoms with Crippen molar-refractivity contribution in [2.45, 2.75) is 19.8 Å². The van der Waals surface area contributed by atoms with Crippen molar-refractivity contribution in [1.82, 2.24) is 9.97 Å². The van der Waals surface area contributed by atoms with Crippen molar-refractivity contribution < 1.29 is 5.11 Å². The van der Waals surface area contributed by atoms with E-state index in [2.05, 4.69) is 24.0 Å². The fourth-order valence-electron chi connectivity index (χ4n) is 3.14. The summed E-state index contributed by atoms with van der Waals surface area (Å²) in [6, 6.07) is 21.7. The third-order valence-corrected chi connectivity index (χ3v) is 4.56. The smallest absolute Gasteiger partial charge is 0.141 e. The van der Waals surface area contributed by atoms with Gasteiger partial charge in [-0.3, -0.25) is 0 Å². The molecule has 130 valence electrons. The fourth-order valence-corrected chi connectivity index (χ4v) is 3.14. The fraction of sp³-hybridized carbons (Fsp3) is 0.182. The predicted octanol–water partition coefficient (Wildman–Crippen LogP) is 5.43. The molecule has 0 spiro atoms. The van der Waals surface area contributed by atoms with Crippen LogP contribution in [0.1, 0.15) is 19.8 Å². The summed E-state index contributed by atoms with van der Waals surface area (Å²) in [4.78, 5) is 11.7. The highest BCUT2D eigenvalue weighted by molar-refractivity contribution is 5.86. The summed E-state index contributed by atoms with van der Waals surface area (Å²) in [5, 5.41) is 12.2. The van der Waals surface area contributed by atoms with Crippen molar-refractivity contribution in [2.24, 2.45) is 0 Å². The minimum Gasteiger partial charge on any atom is -0.506 e. The normalized spacial score (nSPS) is 11.1. The summed E-state index contributed by atoms with van der Waals surface area (Å²) in [7, 11) is 0. The number of rotatable bonds is 5. The lowest BCUT2D eigenvalue weighted by Crippen LogP contribution is -2.20. The summed E-state index contributed by atoms with van der Waals surface area (Å²) in [5.41, 5.74) is 1.59. The molecule has 26 heavy (non-hydrogen) atoms. The molecule has 4 rings (SSSR count). The van der Waals surface area contributed by atoms with Crippen LogP contribution in [-0.4, -0.2) is 21.6 Å². The number of aromatic hydroxyl groups is 1. The van der Waals surface area contributed by atoms with Gasteiger partial charge in [0.1, 0.15) is 22.9 Å². The van der Waals surface area contributed by atoms with Gasteiger partial charge in [0.25, 0.3) is 0 Å². The third kappa shape index (κ3) is 3.06. The van der Waals surface area contributed by atoms with E-state index < -0.39 is 0 Å². The zero-order chi connectivity index (χ0) is 17.9. The Morgan fingerprint density at radius 2 is 1.54 bits per heavy atom. The predicted molar refractivity (Wildman–Crippen MR) is 107 cm³/mol. The van der Waals surface area contributed by atoms with Gasteiger partial charge in [0.15, 0.2) is 0 Å². The topological polar surface area (TPSA) is 49.2 Å². The number of hydrogen-bond acceptors (Lipinski definition) is 4. The molecule has 2 aromatic heterocycles. The lowest BCUT2D eigenvalue weighted by atomic mass is 10.2. The van der Waals surface area contributed by atoms with Crippen LogP contribution in [0, 0.1) is 0 Å². The van der Waals surface area contributed by atoms with Gasteiger partial charge in [0, 0.05) is 17.3 Å². The SMILES string of the molecule is CCCCN(c1ccc2ccccc2n1)c1ccc2cccc(O)c2n1. The van der Waals surface area contributed by atoms with Crippen molar-refractivity contribution in [3.05, 3.63) is 66.7 Å². The number of unbranched alkanes of at least 4 members (excludes halogenated alkanes) is 1. The Morgan fingerprint density at radius 1 is 0.808 bits per heavy atom. The summed E-state index contributed by atoms with van der Waals surface area (Å²) in [6.07, 6.45) is 2.12. The highest BCUT2D eigenvalue weighted by atomic mass is 16.3. The van der Waals surface area contributed by atoms with Gasteiger partial charge in [-0.15, -0.1) is 0 Å². The summed E-state index contributed by atoms with van der Waals surface area (Å²) in [5.74, 6) is 1.88. The van der Waals surface area contributed by atoms with Crippen molar-refractivity contribution in [1.29, 1.82) is 0 Å². The van der Waals surface area contributed by atoms with Crippen molar-refractivity contribution in [2.75, 3.05) is 11.4 Å². The zero-order valence-corrected chi connectivity index (χ0v) is 14.8. The van der Waals surface area contributed by atoms with E-state index in [1.807, 2.05) is 48.5 Å². The van der Waals surface area contributed by atoms with Gasteiger partial charge in [-0.05, 0) is 42.8 Å². The van der Waals surface area contributed by atoms with Crippen LogP contribution in [0.3, 0.4) is 0 Å². The Morgan fingerprint density at radius 3 is 2.38 bits per heavy atom. The van der Waals surface area contributed by atoms with Crippen LogP contribution in [0.15, 0.2) is 66.7 Å². The second-order valence-electron chi connectivity index (χ2n) is 6.39. The monoisotopic (exact) mass is 343 g/mol. The van der Waals surface area contributed by atoms with Crippen LogP contribution >= 0.6 is 0 Å². The Labute approximate surface area is 152 Å². The number of pyridine rings is 2.